The van der Waals surface area contributed by atoms with Gasteiger partial charge in [-0.2, -0.15) is 0 Å². The van der Waals surface area contributed by atoms with Gasteiger partial charge in [-0.3, -0.25) is 4.79 Å². The molecule has 23 heavy (non-hydrogen) atoms. The van der Waals surface area contributed by atoms with Crippen LogP contribution in [0.1, 0.15) is 29.3 Å². The number of amides is 1. The van der Waals surface area contributed by atoms with E-state index in [1.165, 1.54) is 0 Å². The second-order valence-electron chi connectivity index (χ2n) is 6.38. The number of benzene rings is 1. The van der Waals surface area contributed by atoms with Crippen LogP contribution in [0.3, 0.4) is 0 Å². The predicted molar refractivity (Wildman–Crippen MR) is 93.1 cm³/mol. The van der Waals surface area contributed by atoms with Gasteiger partial charge in [-0.15, -0.1) is 0 Å². The number of aromatic nitrogens is 1. The van der Waals surface area contributed by atoms with Gasteiger partial charge in [0.05, 0.1) is 11.3 Å². The Kier molecular flexibility index (Phi) is 4.53. The van der Waals surface area contributed by atoms with Crippen molar-refractivity contribution in [2.24, 2.45) is 0 Å². The summed E-state index contributed by atoms with van der Waals surface area (Å²) < 4.78 is 2.01. The zero-order valence-electron chi connectivity index (χ0n) is 14.2. The van der Waals surface area contributed by atoms with E-state index in [1.54, 1.807) is 0 Å². The maximum Gasteiger partial charge on any atom is 0.256 e. The van der Waals surface area contributed by atoms with Gasteiger partial charge in [0.15, 0.2) is 0 Å². The summed E-state index contributed by atoms with van der Waals surface area (Å²) in [4.78, 5) is 17.4. The molecule has 1 atom stereocenters. The summed E-state index contributed by atoms with van der Waals surface area (Å²) in [5.41, 5.74) is 2.87. The molecule has 0 bridgehead atoms. The Morgan fingerprint density at radius 3 is 2.74 bits per heavy atom. The van der Waals surface area contributed by atoms with Crippen molar-refractivity contribution in [1.29, 1.82) is 0 Å². The van der Waals surface area contributed by atoms with Crippen LogP contribution in [0.25, 0.3) is 5.69 Å². The molecule has 1 aromatic heterocycles. The molecular formula is C19H25N3O. The molecule has 1 unspecified atom stereocenters. The van der Waals surface area contributed by atoms with E-state index in [1.807, 2.05) is 53.0 Å². The smallest absolute Gasteiger partial charge is 0.256 e. The molecule has 3 rings (SSSR count). The van der Waals surface area contributed by atoms with Crippen LogP contribution in [0.5, 0.6) is 0 Å². The van der Waals surface area contributed by atoms with Crippen LogP contribution in [0.4, 0.5) is 0 Å². The van der Waals surface area contributed by atoms with E-state index in [2.05, 4.69) is 24.9 Å². The minimum Gasteiger partial charge on any atom is -0.337 e. The number of hydrogen-bond acceptors (Lipinski definition) is 2. The molecule has 1 saturated heterocycles. The Hall–Kier alpha value is -2.07. The number of carbonyl (C=O) groups is 1. The molecule has 1 fully saturated rings. The molecule has 0 aliphatic carbocycles. The summed E-state index contributed by atoms with van der Waals surface area (Å²) in [6.07, 6.45) is 5.03. The van der Waals surface area contributed by atoms with Crippen LogP contribution in [0.15, 0.2) is 42.7 Å². The van der Waals surface area contributed by atoms with E-state index in [9.17, 15) is 4.79 Å². The summed E-state index contributed by atoms with van der Waals surface area (Å²) in [5, 5.41) is 0. The van der Waals surface area contributed by atoms with Gasteiger partial charge in [0, 0.05) is 31.5 Å². The van der Waals surface area contributed by atoms with Gasteiger partial charge < -0.3 is 14.4 Å². The summed E-state index contributed by atoms with van der Waals surface area (Å²) in [6.45, 7) is 6.88. The second-order valence-corrected chi connectivity index (χ2v) is 6.38. The van der Waals surface area contributed by atoms with Gasteiger partial charge in [0.1, 0.15) is 0 Å². The van der Waals surface area contributed by atoms with Crippen molar-refractivity contribution >= 4 is 5.91 Å². The fraction of sp³-hybridized carbons (Fsp3) is 0.421. The van der Waals surface area contributed by atoms with Gasteiger partial charge in [-0.1, -0.05) is 18.6 Å². The highest BCUT2D eigenvalue weighted by Crippen LogP contribution is 2.22. The summed E-state index contributed by atoms with van der Waals surface area (Å²) in [6, 6.07) is 10.5. The Morgan fingerprint density at radius 2 is 2.04 bits per heavy atom. The first-order chi connectivity index (χ1) is 11.1. The van der Waals surface area contributed by atoms with E-state index in [4.69, 9.17) is 0 Å². The molecule has 2 heterocycles. The lowest BCUT2D eigenvalue weighted by Crippen LogP contribution is -2.36. The number of nitrogens with zero attached hydrogens (tertiary/aromatic N) is 3. The van der Waals surface area contributed by atoms with Crippen LogP contribution < -0.4 is 0 Å². The summed E-state index contributed by atoms with van der Waals surface area (Å²) >= 11 is 0. The summed E-state index contributed by atoms with van der Waals surface area (Å²) in [7, 11) is 2.14. The molecule has 0 saturated carbocycles. The largest absolute Gasteiger partial charge is 0.337 e. The van der Waals surface area contributed by atoms with Crippen molar-refractivity contribution < 1.29 is 4.79 Å². The minimum absolute atomic E-state index is 0.143. The van der Waals surface area contributed by atoms with Crippen molar-refractivity contribution in [2.45, 2.75) is 26.3 Å². The maximum absolute atomic E-state index is 13.1. The zero-order valence-corrected chi connectivity index (χ0v) is 14.2. The molecular weight excluding hydrogens is 286 g/mol. The lowest BCUT2D eigenvalue weighted by molar-refractivity contribution is 0.0781. The number of aryl methyl sites for hydroxylation is 1. The summed E-state index contributed by atoms with van der Waals surface area (Å²) in [5.74, 6) is 0.143. The van der Waals surface area contributed by atoms with E-state index in [0.717, 1.165) is 42.9 Å². The first kappa shape index (κ1) is 15.8. The molecule has 1 aliphatic heterocycles. The zero-order chi connectivity index (χ0) is 16.4. The third-order valence-corrected chi connectivity index (χ3v) is 4.84. The topological polar surface area (TPSA) is 28.5 Å². The van der Waals surface area contributed by atoms with Crippen molar-refractivity contribution in [3.63, 3.8) is 0 Å². The molecule has 0 spiro atoms. The van der Waals surface area contributed by atoms with Crippen molar-refractivity contribution in [1.82, 2.24) is 14.4 Å². The first-order valence-electron chi connectivity index (χ1n) is 8.33. The van der Waals surface area contributed by atoms with Crippen LogP contribution in [0.2, 0.25) is 0 Å². The lowest BCUT2D eigenvalue weighted by atomic mass is 10.1. The highest BCUT2D eigenvalue weighted by atomic mass is 16.2. The third-order valence-electron chi connectivity index (χ3n) is 4.84. The lowest BCUT2D eigenvalue weighted by Gasteiger charge is -2.23. The minimum atomic E-state index is 0.143. The van der Waals surface area contributed by atoms with E-state index in [-0.39, 0.29) is 5.91 Å². The maximum atomic E-state index is 13.1. The van der Waals surface area contributed by atoms with Crippen molar-refractivity contribution in [2.75, 3.05) is 26.7 Å². The highest BCUT2D eigenvalue weighted by Gasteiger charge is 2.30. The fourth-order valence-corrected chi connectivity index (χ4v) is 3.26. The van der Waals surface area contributed by atoms with Gasteiger partial charge >= 0.3 is 0 Å². The standard InChI is InChI=1S/C19H25N3O/c1-4-20(3)16-9-12-22(14-16)19(23)17-13-15(2)7-8-18(17)21-10-5-6-11-21/h5-8,10-11,13,16H,4,9,12,14H2,1-3H3. The number of rotatable bonds is 4. The molecule has 1 aromatic carbocycles. The number of likely N-dealkylation sites (tertiary alicyclic amines) is 1. The van der Waals surface area contributed by atoms with Gasteiger partial charge in [0.25, 0.3) is 5.91 Å². The van der Waals surface area contributed by atoms with Gasteiger partial charge in [0.2, 0.25) is 0 Å². The van der Waals surface area contributed by atoms with Crippen molar-refractivity contribution in [3.8, 4) is 5.69 Å². The molecule has 4 heteroatoms. The van der Waals surface area contributed by atoms with E-state index < -0.39 is 0 Å². The monoisotopic (exact) mass is 311 g/mol. The van der Waals surface area contributed by atoms with Crippen LogP contribution in [0, 0.1) is 6.92 Å². The average molecular weight is 311 g/mol. The number of hydrogen-bond donors (Lipinski definition) is 0. The fourth-order valence-electron chi connectivity index (χ4n) is 3.26. The third kappa shape index (κ3) is 3.17. The highest BCUT2D eigenvalue weighted by molar-refractivity contribution is 5.98. The SMILES string of the molecule is CCN(C)C1CCN(C(=O)c2cc(C)ccc2-n2cccc2)C1. The average Bonchev–Trinajstić information content (AvgIpc) is 3.24. The van der Waals surface area contributed by atoms with Crippen LogP contribution >= 0.6 is 0 Å². The number of likely N-dealkylation sites (N-methyl/N-ethyl adjacent to an activating group) is 1. The Balaban J connectivity index is 1.87. The van der Waals surface area contributed by atoms with Crippen molar-refractivity contribution in [3.05, 3.63) is 53.9 Å². The Bertz CT molecular complexity index is 678. The molecule has 4 nitrogen and oxygen atoms in total. The molecule has 1 aliphatic rings. The molecule has 122 valence electrons. The number of carbonyl (C=O) groups excluding carboxylic acids is 1. The van der Waals surface area contributed by atoms with Gasteiger partial charge in [-0.25, -0.2) is 0 Å². The van der Waals surface area contributed by atoms with Crippen LogP contribution in [-0.2, 0) is 0 Å². The second kappa shape index (κ2) is 6.59. The van der Waals surface area contributed by atoms with E-state index >= 15 is 0 Å². The molecule has 0 radical (unpaired) electrons. The molecule has 2 aromatic rings. The van der Waals surface area contributed by atoms with Crippen LogP contribution in [-0.4, -0.2) is 53.0 Å². The quantitative estimate of drug-likeness (QED) is 0.868. The Labute approximate surface area is 138 Å². The first-order valence-corrected chi connectivity index (χ1v) is 8.33. The molecule has 0 N–H and O–H groups in total. The molecule has 1 amide bonds. The van der Waals surface area contributed by atoms with E-state index in [0.29, 0.717) is 6.04 Å². The van der Waals surface area contributed by atoms with Gasteiger partial charge in [-0.05, 0) is 51.2 Å². The Morgan fingerprint density at radius 1 is 1.30 bits per heavy atom. The predicted octanol–water partition coefficient (Wildman–Crippen LogP) is 2.95. The normalized spacial score (nSPS) is 17.9.